The third-order valence-corrected chi connectivity index (χ3v) is 3.52. The molecule has 6 heteroatoms. The number of hydrogen-bond acceptors (Lipinski definition) is 5. The number of rotatable bonds is 4. The van der Waals surface area contributed by atoms with Crippen molar-refractivity contribution < 1.29 is 4.92 Å². The molecule has 0 bridgehead atoms. The molecule has 0 unspecified atom stereocenters. The number of hydrogen-bond donors (Lipinski definition) is 3. The number of non-ortho nitro benzene ring substituents is 1. The van der Waals surface area contributed by atoms with Crippen LogP contribution in [0.5, 0.6) is 0 Å². The van der Waals surface area contributed by atoms with E-state index in [0.29, 0.717) is 11.7 Å². The SMILES string of the molecule is NNc1cc(NC2CCCCCC2)cc([N+](=O)[O-])c1. The molecule has 6 nitrogen and oxygen atoms in total. The number of nitrogens with one attached hydrogen (secondary N) is 2. The molecule has 0 atom stereocenters. The number of benzene rings is 1. The molecule has 1 aliphatic rings. The van der Waals surface area contributed by atoms with E-state index in [1.165, 1.54) is 31.7 Å². The zero-order chi connectivity index (χ0) is 13.7. The number of hydrazine groups is 1. The molecule has 0 spiro atoms. The van der Waals surface area contributed by atoms with Gasteiger partial charge in [0, 0.05) is 23.9 Å². The van der Waals surface area contributed by atoms with E-state index in [0.717, 1.165) is 18.5 Å². The predicted octanol–water partition coefficient (Wildman–Crippen LogP) is 3.02. The molecular formula is C13H20N4O2. The topological polar surface area (TPSA) is 93.2 Å². The van der Waals surface area contributed by atoms with Crippen molar-refractivity contribution in [2.24, 2.45) is 5.84 Å². The summed E-state index contributed by atoms with van der Waals surface area (Å²) in [6.45, 7) is 0. The monoisotopic (exact) mass is 264 g/mol. The van der Waals surface area contributed by atoms with Crippen LogP contribution in [0.1, 0.15) is 38.5 Å². The minimum atomic E-state index is -0.404. The minimum Gasteiger partial charge on any atom is -0.382 e. The standard InChI is InChI=1S/C13H20N4O2/c14-16-12-7-11(8-13(9-12)17(18)19)15-10-5-3-1-2-4-6-10/h7-10,15-16H,1-6,14H2. The number of nitrogens with zero attached hydrogens (tertiary/aromatic N) is 1. The molecule has 2 rings (SSSR count). The van der Waals surface area contributed by atoms with E-state index in [2.05, 4.69) is 10.7 Å². The summed E-state index contributed by atoms with van der Waals surface area (Å²) in [5.74, 6) is 5.35. The summed E-state index contributed by atoms with van der Waals surface area (Å²) in [4.78, 5) is 10.5. The van der Waals surface area contributed by atoms with Gasteiger partial charge in [0.2, 0.25) is 0 Å². The Labute approximate surface area is 112 Å². The first-order chi connectivity index (χ1) is 9.19. The summed E-state index contributed by atoms with van der Waals surface area (Å²) in [6, 6.07) is 5.19. The van der Waals surface area contributed by atoms with E-state index in [9.17, 15) is 10.1 Å². The second kappa shape index (κ2) is 6.38. The van der Waals surface area contributed by atoms with Crippen molar-refractivity contribution in [3.05, 3.63) is 28.3 Å². The normalized spacial score (nSPS) is 16.7. The van der Waals surface area contributed by atoms with Crippen LogP contribution in [0.25, 0.3) is 0 Å². The highest BCUT2D eigenvalue weighted by Gasteiger charge is 2.14. The van der Waals surface area contributed by atoms with Gasteiger partial charge in [-0.3, -0.25) is 16.0 Å². The molecule has 0 saturated heterocycles. The lowest BCUT2D eigenvalue weighted by Crippen LogP contribution is -2.18. The highest BCUT2D eigenvalue weighted by atomic mass is 16.6. The Bertz CT molecular complexity index is 442. The number of nitro groups is 1. The van der Waals surface area contributed by atoms with Crippen LogP contribution in [0, 0.1) is 10.1 Å². The highest BCUT2D eigenvalue weighted by molar-refractivity contribution is 5.63. The van der Waals surface area contributed by atoms with Crippen LogP contribution in [0.4, 0.5) is 17.1 Å². The molecule has 104 valence electrons. The Balaban J connectivity index is 2.13. The lowest BCUT2D eigenvalue weighted by Gasteiger charge is -2.18. The van der Waals surface area contributed by atoms with Gasteiger partial charge in [-0.15, -0.1) is 0 Å². The maximum absolute atomic E-state index is 10.9. The van der Waals surface area contributed by atoms with Crippen molar-refractivity contribution in [1.82, 2.24) is 0 Å². The quantitative estimate of drug-likeness (QED) is 0.336. The molecule has 0 heterocycles. The summed E-state index contributed by atoms with van der Waals surface area (Å²) < 4.78 is 0. The molecule has 1 saturated carbocycles. The van der Waals surface area contributed by atoms with E-state index in [4.69, 9.17) is 5.84 Å². The van der Waals surface area contributed by atoms with Crippen LogP contribution in [0.3, 0.4) is 0 Å². The minimum absolute atomic E-state index is 0.0478. The molecule has 19 heavy (non-hydrogen) atoms. The summed E-state index contributed by atoms with van der Waals surface area (Å²) in [5.41, 5.74) is 3.82. The van der Waals surface area contributed by atoms with Crippen LogP contribution in [0.15, 0.2) is 18.2 Å². The molecular weight excluding hydrogens is 244 g/mol. The molecule has 0 amide bonds. The maximum atomic E-state index is 10.9. The molecule has 1 aromatic carbocycles. The van der Waals surface area contributed by atoms with Gasteiger partial charge in [0.25, 0.3) is 5.69 Å². The van der Waals surface area contributed by atoms with Crippen LogP contribution in [-0.2, 0) is 0 Å². The van der Waals surface area contributed by atoms with Crippen molar-refractivity contribution in [3.8, 4) is 0 Å². The summed E-state index contributed by atoms with van der Waals surface area (Å²) in [6.07, 6.45) is 7.23. The summed E-state index contributed by atoms with van der Waals surface area (Å²) in [7, 11) is 0. The largest absolute Gasteiger partial charge is 0.382 e. The number of anilines is 2. The van der Waals surface area contributed by atoms with Gasteiger partial charge in [0.15, 0.2) is 0 Å². The van der Waals surface area contributed by atoms with Crippen LogP contribution < -0.4 is 16.6 Å². The van der Waals surface area contributed by atoms with Crippen molar-refractivity contribution in [1.29, 1.82) is 0 Å². The Hall–Kier alpha value is -1.82. The average molecular weight is 264 g/mol. The number of nitro benzene ring substituents is 1. The van der Waals surface area contributed by atoms with Crippen LogP contribution >= 0.6 is 0 Å². The third kappa shape index (κ3) is 3.82. The molecule has 1 fully saturated rings. The Morgan fingerprint density at radius 1 is 1.11 bits per heavy atom. The fraction of sp³-hybridized carbons (Fsp3) is 0.538. The predicted molar refractivity (Wildman–Crippen MR) is 76.0 cm³/mol. The van der Waals surface area contributed by atoms with E-state index >= 15 is 0 Å². The van der Waals surface area contributed by atoms with Gasteiger partial charge in [-0.25, -0.2) is 0 Å². The Morgan fingerprint density at radius 3 is 2.32 bits per heavy atom. The number of nitrogens with two attached hydrogens (primary N) is 1. The molecule has 0 aliphatic heterocycles. The van der Waals surface area contributed by atoms with Gasteiger partial charge in [-0.05, 0) is 18.9 Å². The second-order valence-corrected chi connectivity index (χ2v) is 5.00. The fourth-order valence-corrected chi connectivity index (χ4v) is 2.54. The lowest BCUT2D eigenvalue weighted by molar-refractivity contribution is -0.384. The van der Waals surface area contributed by atoms with E-state index in [1.54, 1.807) is 12.1 Å². The lowest BCUT2D eigenvalue weighted by atomic mass is 10.1. The van der Waals surface area contributed by atoms with Gasteiger partial charge in [0.05, 0.1) is 10.6 Å². The van der Waals surface area contributed by atoms with Crippen LogP contribution in [0.2, 0.25) is 0 Å². The van der Waals surface area contributed by atoms with Crippen molar-refractivity contribution in [2.45, 2.75) is 44.6 Å². The summed E-state index contributed by atoms with van der Waals surface area (Å²) in [5, 5.41) is 14.3. The smallest absolute Gasteiger partial charge is 0.273 e. The zero-order valence-electron chi connectivity index (χ0n) is 10.9. The van der Waals surface area contributed by atoms with Gasteiger partial charge in [0.1, 0.15) is 0 Å². The van der Waals surface area contributed by atoms with Crippen LogP contribution in [-0.4, -0.2) is 11.0 Å². The molecule has 0 radical (unpaired) electrons. The Morgan fingerprint density at radius 2 is 1.74 bits per heavy atom. The number of nitrogen functional groups attached to an aromatic ring is 1. The van der Waals surface area contributed by atoms with Crippen molar-refractivity contribution in [3.63, 3.8) is 0 Å². The van der Waals surface area contributed by atoms with Gasteiger partial charge < -0.3 is 10.7 Å². The van der Waals surface area contributed by atoms with E-state index in [-0.39, 0.29) is 5.69 Å². The van der Waals surface area contributed by atoms with Gasteiger partial charge in [-0.1, -0.05) is 25.7 Å². The zero-order valence-corrected chi connectivity index (χ0v) is 10.9. The maximum Gasteiger partial charge on any atom is 0.273 e. The average Bonchev–Trinajstić information content (AvgIpc) is 2.67. The Kier molecular flexibility index (Phi) is 4.57. The highest BCUT2D eigenvalue weighted by Crippen LogP contribution is 2.27. The van der Waals surface area contributed by atoms with Crippen molar-refractivity contribution >= 4 is 17.1 Å². The van der Waals surface area contributed by atoms with Gasteiger partial charge >= 0.3 is 0 Å². The molecule has 1 aliphatic carbocycles. The van der Waals surface area contributed by atoms with E-state index < -0.39 is 4.92 Å². The van der Waals surface area contributed by atoms with Crippen molar-refractivity contribution in [2.75, 3.05) is 10.7 Å². The fourth-order valence-electron chi connectivity index (χ4n) is 2.54. The van der Waals surface area contributed by atoms with E-state index in [1.807, 2.05) is 0 Å². The first kappa shape index (κ1) is 13.6. The van der Waals surface area contributed by atoms with Gasteiger partial charge in [-0.2, -0.15) is 0 Å². The second-order valence-electron chi connectivity index (χ2n) is 5.00. The third-order valence-electron chi connectivity index (χ3n) is 3.52. The summed E-state index contributed by atoms with van der Waals surface area (Å²) >= 11 is 0. The molecule has 1 aromatic rings. The first-order valence-electron chi connectivity index (χ1n) is 6.71. The first-order valence-corrected chi connectivity index (χ1v) is 6.71. The molecule has 0 aromatic heterocycles. The molecule has 4 N–H and O–H groups in total.